The van der Waals surface area contributed by atoms with E-state index < -0.39 is 6.36 Å². The number of nitrogens with zero attached hydrogens (tertiary/aromatic N) is 2. The minimum Gasteiger partial charge on any atom is -0.439 e. The van der Waals surface area contributed by atoms with Crippen LogP contribution in [0.5, 0.6) is 17.4 Å². The van der Waals surface area contributed by atoms with E-state index in [-0.39, 0.29) is 17.4 Å². The number of anilines is 3. The lowest BCUT2D eigenvalue weighted by atomic mass is 10.3. The molecule has 2 N–H and O–H groups in total. The van der Waals surface area contributed by atoms with Gasteiger partial charge in [0.2, 0.25) is 5.88 Å². The summed E-state index contributed by atoms with van der Waals surface area (Å²) in [6.45, 7) is 0. The van der Waals surface area contributed by atoms with E-state index in [1.54, 1.807) is 25.4 Å². The fraction of sp³-hybridized carbons (Fsp3) is 0.111. The highest BCUT2D eigenvalue weighted by atomic mass is 19.4. The normalized spacial score (nSPS) is 11.0. The van der Waals surface area contributed by atoms with E-state index in [9.17, 15) is 13.2 Å². The van der Waals surface area contributed by atoms with Gasteiger partial charge in [0.1, 0.15) is 11.5 Å². The molecular weight excluding hydrogens is 361 g/mol. The molecule has 0 bridgehead atoms. The number of benzene rings is 1. The largest absolute Gasteiger partial charge is 0.573 e. The van der Waals surface area contributed by atoms with Crippen LogP contribution in [-0.4, -0.2) is 23.4 Å². The van der Waals surface area contributed by atoms with Crippen molar-refractivity contribution in [2.75, 3.05) is 17.7 Å². The Kier molecular flexibility index (Phi) is 5.30. The van der Waals surface area contributed by atoms with Crippen LogP contribution in [0.3, 0.4) is 0 Å². The number of hydrogen-bond acceptors (Lipinski definition) is 6. The zero-order chi connectivity index (χ0) is 19.3. The average Bonchev–Trinajstić information content (AvgIpc) is 2.63. The first kappa shape index (κ1) is 18.3. The molecule has 0 saturated carbocycles. The van der Waals surface area contributed by atoms with Gasteiger partial charge in [-0.1, -0.05) is 6.07 Å². The number of alkyl halides is 3. The first-order valence-electron chi connectivity index (χ1n) is 7.82. The van der Waals surface area contributed by atoms with Crippen molar-refractivity contribution in [1.82, 2.24) is 9.97 Å². The zero-order valence-corrected chi connectivity index (χ0v) is 14.1. The van der Waals surface area contributed by atoms with E-state index in [1.807, 2.05) is 12.1 Å². The lowest BCUT2D eigenvalue weighted by Gasteiger charge is -2.11. The summed E-state index contributed by atoms with van der Waals surface area (Å²) in [5.74, 6) is 0.659. The minimum atomic E-state index is -4.76. The van der Waals surface area contributed by atoms with Gasteiger partial charge in [0.05, 0.1) is 17.6 Å². The van der Waals surface area contributed by atoms with Crippen LogP contribution >= 0.6 is 0 Å². The molecule has 140 valence electrons. The monoisotopic (exact) mass is 376 g/mol. The van der Waals surface area contributed by atoms with Crippen LogP contribution in [0.1, 0.15) is 0 Å². The third-order valence-electron chi connectivity index (χ3n) is 3.34. The number of halogens is 3. The summed E-state index contributed by atoms with van der Waals surface area (Å²) in [5.41, 5.74) is 1.49. The molecule has 0 atom stereocenters. The maximum Gasteiger partial charge on any atom is 0.573 e. The molecule has 1 aromatic carbocycles. The maximum atomic E-state index is 12.3. The van der Waals surface area contributed by atoms with Gasteiger partial charge in [-0.25, -0.2) is 9.97 Å². The molecule has 9 heteroatoms. The van der Waals surface area contributed by atoms with Crippen molar-refractivity contribution in [2.45, 2.75) is 6.36 Å². The average molecular weight is 376 g/mol. The predicted molar refractivity (Wildman–Crippen MR) is 94.5 cm³/mol. The van der Waals surface area contributed by atoms with Gasteiger partial charge in [-0.15, -0.1) is 13.2 Å². The number of rotatable bonds is 6. The molecule has 0 aliphatic heterocycles. The van der Waals surface area contributed by atoms with Crippen LogP contribution in [0.15, 0.2) is 60.9 Å². The van der Waals surface area contributed by atoms with E-state index in [1.165, 1.54) is 24.4 Å². The molecule has 6 nitrogen and oxygen atoms in total. The van der Waals surface area contributed by atoms with E-state index >= 15 is 0 Å². The van der Waals surface area contributed by atoms with Crippen molar-refractivity contribution in [2.24, 2.45) is 0 Å². The van der Waals surface area contributed by atoms with Gasteiger partial charge in [0.25, 0.3) is 0 Å². The van der Waals surface area contributed by atoms with Crippen molar-refractivity contribution in [3.05, 3.63) is 60.9 Å². The zero-order valence-electron chi connectivity index (χ0n) is 14.1. The molecular formula is C18H15F3N4O2. The highest BCUT2D eigenvalue weighted by molar-refractivity contribution is 5.69. The van der Waals surface area contributed by atoms with Gasteiger partial charge >= 0.3 is 6.36 Å². The summed E-state index contributed by atoms with van der Waals surface area (Å²) >= 11 is 0. The highest BCUT2D eigenvalue weighted by Gasteiger charge is 2.31. The van der Waals surface area contributed by atoms with Crippen molar-refractivity contribution < 1.29 is 22.6 Å². The van der Waals surface area contributed by atoms with Crippen LogP contribution in [0.4, 0.5) is 30.4 Å². The number of aromatic nitrogens is 2. The number of pyridine rings is 2. The molecule has 0 spiro atoms. The summed E-state index contributed by atoms with van der Waals surface area (Å²) in [4.78, 5) is 8.37. The van der Waals surface area contributed by atoms with Crippen molar-refractivity contribution in [1.29, 1.82) is 0 Å². The first-order valence-corrected chi connectivity index (χ1v) is 7.82. The standard InChI is InChI=1S/C18H15F3N4O2/c1-22-15-6-3-9-23-17(15)25-12-7-8-16(24-11-12)26-13-4-2-5-14(10-13)27-18(19,20)21/h2-11,22H,1H3,(H,23,25). The Labute approximate surface area is 153 Å². The Morgan fingerprint density at radius 1 is 0.963 bits per heavy atom. The van der Waals surface area contributed by atoms with Crippen LogP contribution in [-0.2, 0) is 0 Å². The van der Waals surface area contributed by atoms with Crippen molar-refractivity contribution >= 4 is 17.2 Å². The van der Waals surface area contributed by atoms with Crippen molar-refractivity contribution in [3.8, 4) is 17.4 Å². The molecule has 0 saturated heterocycles. The molecule has 0 amide bonds. The molecule has 3 aromatic rings. The maximum absolute atomic E-state index is 12.3. The van der Waals surface area contributed by atoms with Crippen LogP contribution in [0, 0.1) is 0 Å². The summed E-state index contributed by atoms with van der Waals surface area (Å²) < 4.78 is 46.2. The summed E-state index contributed by atoms with van der Waals surface area (Å²) in [6.07, 6.45) is -1.58. The molecule has 0 fully saturated rings. The van der Waals surface area contributed by atoms with E-state index in [0.717, 1.165) is 11.8 Å². The van der Waals surface area contributed by atoms with Crippen molar-refractivity contribution in [3.63, 3.8) is 0 Å². The predicted octanol–water partition coefficient (Wildman–Crippen LogP) is 4.95. The van der Waals surface area contributed by atoms with Crippen LogP contribution in [0.25, 0.3) is 0 Å². The third-order valence-corrected chi connectivity index (χ3v) is 3.34. The molecule has 27 heavy (non-hydrogen) atoms. The summed E-state index contributed by atoms with van der Waals surface area (Å²) in [5, 5.41) is 6.13. The Morgan fingerprint density at radius 2 is 1.78 bits per heavy atom. The fourth-order valence-electron chi connectivity index (χ4n) is 2.21. The second-order valence-electron chi connectivity index (χ2n) is 5.28. The fourth-order valence-corrected chi connectivity index (χ4v) is 2.21. The smallest absolute Gasteiger partial charge is 0.439 e. The van der Waals surface area contributed by atoms with Gasteiger partial charge in [-0.3, -0.25) is 0 Å². The first-order chi connectivity index (χ1) is 12.9. The van der Waals surface area contributed by atoms with E-state index in [2.05, 4.69) is 25.3 Å². The molecule has 0 aliphatic rings. The molecule has 0 aliphatic carbocycles. The molecule has 2 heterocycles. The molecule has 3 rings (SSSR count). The van der Waals surface area contributed by atoms with E-state index in [4.69, 9.17) is 4.74 Å². The minimum absolute atomic E-state index is 0.173. The van der Waals surface area contributed by atoms with Crippen LogP contribution in [0.2, 0.25) is 0 Å². The molecule has 2 aromatic heterocycles. The second-order valence-corrected chi connectivity index (χ2v) is 5.28. The quantitative estimate of drug-likeness (QED) is 0.634. The SMILES string of the molecule is CNc1cccnc1Nc1ccc(Oc2cccc(OC(F)(F)F)c2)nc1. The van der Waals surface area contributed by atoms with Gasteiger partial charge in [0.15, 0.2) is 5.82 Å². The van der Waals surface area contributed by atoms with Gasteiger partial charge in [-0.05, 0) is 30.3 Å². The Bertz CT molecular complexity index is 902. The van der Waals surface area contributed by atoms with Gasteiger partial charge in [-0.2, -0.15) is 0 Å². The topological polar surface area (TPSA) is 68.3 Å². The second kappa shape index (κ2) is 7.81. The molecule has 0 unspecified atom stereocenters. The Morgan fingerprint density at radius 3 is 2.48 bits per heavy atom. The highest BCUT2D eigenvalue weighted by Crippen LogP contribution is 2.29. The third kappa shape index (κ3) is 5.24. The van der Waals surface area contributed by atoms with Gasteiger partial charge in [0, 0.05) is 25.4 Å². The summed E-state index contributed by atoms with van der Waals surface area (Å²) in [7, 11) is 1.79. The number of ether oxygens (including phenoxy) is 2. The van der Waals surface area contributed by atoms with Gasteiger partial charge < -0.3 is 20.1 Å². The lowest BCUT2D eigenvalue weighted by Crippen LogP contribution is -2.17. The number of nitrogens with one attached hydrogen (secondary N) is 2. The number of hydrogen-bond donors (Lipinski definition) is 2. The Balaban J connectivity index is 1.68. The summed E-state index contributed by atoms with van der Waals surface area (Å²) in [6, 6.07) is 12.2. The van der Waals surface area contributed by atoms with E-state index in [0.29, 0.717) is 11.5 Å². The van der Waals surface area contributed by atoms with Crippen LogP contribution < -0.4 is 20.1 Å². The Hall–Kier alpha value is -3.49. The lowest BCUT2D eigenvalue weighted by molar-refractivity contribution is -0.274. The molecule has 0 radical (unpaired) electrons.